The van der Waals surface area contributed by atoms with Crippen molar-refractivity contribution in [2.45, 2.75) is 13.3 Å². The number of ketones is 1. The largest absolute Gasteiger partial charge is 0.524 e. The molecule has 0 aliphatic heterocycles. The molecule has 0 radical (unpaired) electrons. The van der Waals surface area contributed by atoms with Crippen molar-refractivity contribution in [1.29, 1.82) is 0 Å². The molecule has 6 heteroatoms. The third kappa shape index (κ3) is 3.83. The second-order valence-electron chi connectivity index (χ2n) is 2.88. The number of rotatable bonds is 4. The summed E-state index contributed by atoms with van der Waals surface area (Å²) in [6, 6.07) is 5.64. The highest BCUT2D eigenvalue weighted by Gasteiger charge is 2.15. The highest BCUT2D eigenvalue weighted by atomic mass is 31.2. The van der Waals surface area contributed by atoms with Gasteiger partial charge in [0.15, 0.2) is 5.78 Å². The van der Waals surface area contributed by atoms with Gasteiger partial charge in [-0.2, -0.15) is 0 Å². The quantitative estimate of drug-likeness (QED) is 0.608. The van der Waals surface area contributed by atoms with E-state index in [9.17, 15) is 9.36 Å². The first kappa shape index (κ1) is 11.9. The van der Waals surface area contributed by atoms with Crippen LogP contribution in [0.3, 0.4) is 0 Å². The summed E-state index contributed by atoms with van der Waals surface area (Å²) in [4.78, 5) is 28.3. The summed E-state index contributed by atoms with van der Waals surface area (Å²) in [5, 5.41) is 0. The van der Waals surface area contributed by atoms with Gasteiger partial charge in [-0.3, -0.25) is 14.6 Å². The molecule has 0 fully saturated rings. The molecule has 0 atom stereocenters. The molecule has 82 valence electrons. The van der Waals surface area contributed by atoms with Crippen LogP contribution in [0.25, 0.3) is 0 Å². The molecule has 0 aliphatic rings. The molecule has 15 heavy (non-hydrogen) atoms. The molecular weight excluding hydrogens is 219 g/mol. The van der Waals surface area contributed by atoms with E-state index in [2.05, 4.69) is 4.52 Å². The van der Waals surface area contributed by atoms with Gasteiger partial charge in [-0.25, -0.2) is 4.57 Å². The van der Waals surface area contributed by atoms with Crippen molar-refractivity contribution in [1.82, 2.24) is 0 Å². The lowest BCUT2D eigenvalue weighted by Gasteiger charge is -2.06. The van der Waals surface area contributed by atoms with Crippen LogP contribution in [-0.4, -0.2) is 15.6 Å². The van der Waals surface area contributed by atoms with Crippen molar-refractivity contribution in [2.75, 3.05) is 0 Å². The molecule has 0 bridgehead atoms. The van der Waals surface area contributed by atoms with Crippen LogP contribution in [0, 0.1) is 0 Å². The van der Waals surface area contributed by atoms with Crippen LogP contribution in [0.2, 0.25) is 0 Å². The van der Waals surface area contributed by atoms with Crippen molar-refractivity contribution >= 4 is 13.6 Å². The highest BCUT2D eigenvalue weighted by Crippen LogP contribution is 2.37. The first-order valence-electron chi connectivity index (χ1n) is 4.31. The molecule has 1 aromatic rings. The average molecular weight is 230 g/mol. The highest BCUT2D eigenvalue weighted by molar-refractivity contribution is 7.46. The molecule has 0 spiro atoms. The molecule has 0 saturated heterocycles. The molecule has 1 rings (SSSR count). The Bertz CT molecular complexity index is 391. The smallest absolute Gasteiger partial charge is 0.404 e. The number of benzene rings is 1. The van der Waals surface area contributed by atoms with Gasteiger partial charge >= 0.3 is 7.82 Å². The van der Waals surface area contributed by atoms with Crippen LogP contribution >= 0.6 is 7.82 Å². The van der Waals surface area contributed by atoms with E-state index in [-0.39, 0.29) is 11.5 Å². The van der Waals surface area contributed by atoms with E-state index in [4.69, 9.17) is 9.79 Å². The maximum atomic E-state index is 11.2. The van der Waals surface area contributed by atoms with Crippen molar-refractivity contribution in [3.8, 4) is 5.75 Å². The van der Waals surface area contributed by atoms with E-state index < -0.39 is 7.82 Å². The average Bonchev–Trinajstić information content (AvgIpc) is 2.15. The topological polar surface area (TPSA) is 83.8 Å². The summed E-state index contributed by atoms with van der Waals surface area (Å²) >= 11 is 0. The summed E-state index contributed by atoms with van der Waals surface area (Å²) in [5.74, 6) is 0.00807. The number of Topliss-reactive ketones (excluding diaryl/α,β-unsaturated/α-hetero) is 1. The minimum atomic E-state index is -4.52. The fourth-order valence-electron chi connectivity index (χ4n) is 1.04. The van der Waals surface area contributed by atoms with Gasteiger partial charge in [0, 0.05) is 12.0 Å². The normalized spacial score (nSPS) is 11.1. The van der Waals surface area contributed by atoms with Gasteiger partial charge in [-0.05, 0) is 24.3 Å². The molecule has 2 N–H and O–H groups in total. The Morgan fingerprint density at radius 1 is 1.33 bits per heavy atom. The van der Waals surface area contributed by atoms with Crippen molar-refractivity contribution < 1.29 is 23.7 Å². The van der Waals surface area contributed by atoms with Crippen molar-refractivity contribution in [3.63, 3.8) is 0 Å². The van der Waals surface area contributed by atoms with Gasteiger partial charge in [0.2, 0.25) is 0 Å². The van der Waals surface area contributed by atoms with E-state index in [0.29, 0.717) is 12.0 Å². The first-order valence-corrected chi connectivity index (χ1v) is 5.84. The third-order valence-electron chi connectivity index (χ3n) is 1.72. The Morgan fingerprint density at radius 3 is 2.27 bits per heavy atom. The van der Waals surface area contributed by atoms with Crippen LogP contribution < -0.4 is 4.52 Å². The Balaban J connectivity index is 2.81. The molecule has 0 heterocycles. The third-order valence-corrected chi connectivity index (χ3v) is 2.17. The lowest BCUT2D eigenvalue weighted by Crippen LogP contribution is -1.96. The van der Waals surface area contributed by atoms with Crippen molar-refractivity contribution in [2.24, 2.45) is 0 Å². The molecule has 0 amide bonds. The summed E-state index contributed by atoms with van der Waals surface area (Å²) in [6.45, 7) is 1.74. The Kier molecular flexibility index (Phi) is 3.63. The predicted octanol–water partition coefficient (Wildman–Crippen LogP) is 1.75. The lowest BCUT2D eigenvalue weighted by atomic mass is 10.1. The van der Waals surface area contributed by atoms with Crippen molar-refractivity contribution in [3.05, 3.63) is 29.8 Å². The maximum absolute atomic E-state index is 11.2. The number of carbonyl (C=O) groups is 1. The van der Waals surface area contributed by atoms with Crippen LogP contribution in [0.5, 0.6) is 5.75 Å². The molecule has 0 aromatic heterocycles. The molecule has 0 aliphatic carbocycles. The van der Waals surface area contributed by atoms with E-state index in [1.165, 1.54) is 24.3 Å². The van der Waals surface area contributed by atoms with Crippen LogP contribution in [-0.2, 0) is 4.57 Å². The van der Waals surface area contributed by atoms with E-state index >= 15 is 0 Å². The molecule has 1 aromatic carbocycles. The monoisotopic (exact) mass is 230 g/mol. The van der Waals surface area contributed by atoms with Crippen LogP contribution in [0.15, 0.2) is 24.3 Å². The fourth-order valence-corrected chi connectivity index (χ4v) is 1.44. The minimum Gasteiger partial charge on any atom is -0.404 e. The van der Waals surface area contributed by atoms with Gasteiger partial charge in [0.1, 0.15) is 5.75 Å². The Morgan fingerprint density at radius 2 is 1.87 bits per heavy atom. The Labute approximate surface area is 86.9 Å². The number of phosphoric ester groups is 1. The van der Waals surface area contributed by atoms with Crippen LogP contribution in [0.4, 0.5) is 0 Å². The van der Waals surface area contributed by atoms with Gasteiger partial charge in [-0.1, -0.05) is 6.92 Å². The Hall–Kier alpha value is -1.16. The SMILES string of the molecule is CCC(=O)c1ccc(OP(=O)(O)O)cc1. The second kappa shape index (κ2) is 4.57. The molecule has 5 nitrogen and oxygen atoms in total. The maximum Gasteiger partial charge on any atom is 0.524 e. The summed E-state index contributed by atoms with van der Waals surface area (Å²) in [6.07, 6.45) is 0.388. The fraction of sp³-hybridized carbons (Fsp3) is 0.222. The van der Waals surface area contributed by atoms with E-state index in [0.717, 1.165) is 0 Å². The molecule has 0 saturated carbocycles. The van der Waals surface area contributed by atoms with Crippen LogP contribution in [0.1, 0.15) is 23.7 Å². The summed E-state index contributed by atoms with van der Waals surface area (Å²) < 4.78 is 14.8. The predicted molar refractivity (Wildman–Crippen MR) is 53.7 cm³/mol. The molecular formula is C9H11O5P. The standard InChI is InChI=1S/C9H11O5P/c1-2-9(10)7-3-5-8(6-4-7)14-15(11,12)13/h3-6H,2H2,1H3,(H2,11,12,13). The lowest BCUT2D eigenvalue weighted by molar-refractivity contribution is 0.0988. The molecule has 0 unspecified atom stereocenters. The zero-order valence-electron chi connectivity index (χ0n) is 8.08. The van der Waals surface area contributed by atoms with E-state index in [1.807, 2.05) is 0 Å². The van der Waals surface area contributed by atoms with Gasteiger partial charge in [0.25, 0.3) is 0 Å². The van der Waals surface area contributed by atoms with Gasteiger partial charge in [0.05, 0.1) is 0 Å². The zero-order chi connectivity index (χ0) is 11.5. The minimum absolute atomic E-state index is 0.0299. The summed E-state index contributed by atoms with van der Waals surface area (Å²) in [7, 11) is -4.52. The number of phosphoric acid groups is 1. The van der Waals surface area contributed by atoms with E-state index in [1.54, 1.807) is 6.92 Å². The summed E-state index contributed by atoms with van der Waals surface area (Å²) in [5.41, 5.74) is 0.496. The second-order valence-corrected chi connectivity index (χ2v) is 4.05. The number of carbonyl (C=O) groups excluding carboxylic acids is 1. The van der Waals surface area contributed by atoms with Gasteiger partial charge in [-0.15, -0.1) is 0 Å². The van der Waals surface area contributed by atoms with Gasteiger partial charge < -0.3 is 4.52 Å². The zero-order valence-corrected chi connectivity index (χ0v) is 8.98. The number of hydrogen-bond acceptors (Lipinski definition) is 3. The number of hydrogen-bond donors (Lipinski definition) is 2. The first-order chi connectivity index (χ1) is 6.92.